The van der Waals surface area contributed by atoms with Crippen molar-refractivity contribution in [3.05, 3.63) is 83.2 Å². The number of carbonyl (C=O) groups excluding carboxylic acids is 1. The molecule has 2 heterocycles. The Balaban J connectivity index is 1.89. The van der Waals surface area contributed by atoms with E-state index in [9.17, 15) is 14.3 Å². The fourth-order valence-electron chi connectivity index (χ4n) is 4.47. The molecule has 1 N–H and O–H groups in total. The molecule has 0 spiro atoms. The van der Waals surface area contributed by atoms with Gasteiger partial charge in [-0.25, -0.2) is 4.39 Å². The molecule has 2 atom stereocenters. The monoisotopic (exact) mass is 438 g/mol. The van der Waals surface area contributed by atoms with Crippen molar-refractivity contribution in [2.45, 2.75) is 61.4 Å². The third-order valence-corrected chi connectivity index (χ3v) is 7.93. The van der Waals surface area contributed by atoms with Crippen molar-refractivity contribution in [1.82, 2.24) is 0 Å². The van der Waals surface area contributed by atoms with Gasteiger partial charge in [-0.3, -0.25) is 4.79 Å². The first-order chi connectivity index (χ1) is 15.0. The van der Waals surface area contributed by atoms with Crippen molar-refractivity contribution in [2.75, 3.05) is 0 Å². The summed E-state index contributed by atoms with van der Waals surface area (Å²) in [7, 11) is 0. The molecule has 1 saturated heterocycles. The summed E-state index contributed by atoms with van der Waals surface area (Å²) in [4.78, 5) is 13.0. The van der Waals surface area contributed by atoms with Gasteiger partial charge in [0.15, 0.2) is 0 Å². The Morgan fingerprint density at radius 3 is 2.55 bits per heavy atom. The van der Waals surface area contributed by atoms with Gasteiger partial charge in [0.2, 0.25) is 0 Å². The van der Waals surface area contributed by atoms with Crippen LogP contribution in [0, 0.1) is 5.82 Å². The summed E-state index contributed by atoms with van der Waals surface area (Å²) in [5.74, 6) is -0.637. The van der Waals surface area contributed by atoms with Crippen LogP contribution in [0.15, 0.2) is 71.2 Å². The zero-order valence-electron chi connectivity index (χ0n) is 17.8. The number of rotatable bonds is 5. The lowest BCUT2D eigenvalue weighted by Gasteiger charge is -2.39. The van der Waals surface area contributed by atoms with Crippen LogP contribution in [-0.4, -0.2) is 28.0 Å². The number of halogens is 1. The minimum atomic E-state index is -0.676. The molecule has 0 aliphatic carbocycles. The van der Waals surface area contributed by atoms with Gasteiger partial charge < -0.3 is 9.84 Å². The second kappa shape index (κ2) is 9.01. The maximum atomic E-state index is 13.7. The molecule has 31 heavy (non-hydrogen) atoms. The average molecular weight is 439 g/mol. The van der Waals surface area contributed by atoms with Gasteiger partial charge in [-0.2, -0.15) is 0 Å². The van der Waals surface area contributed by atoms with Crippen LogP contribution in [0.1, 0.15) is 50.7 Å². The van der Waals surface area contributed by atoms with Crippen LogP contribution in [0.5, 0.6) is 0 Å². The lowest BCUT2D eigenvalue weighted by Crippen LogP contribution is -2.32. The van der Waals surface area contributed by atoms with E-state index < -0.39 is 12.2 Å². The quantitative estimate of drug-likeness (QED) is 0.589. The van der Waals surface area contributed by atoms with Gasteiger partial charge in [0.05, 0.1) is 12.5 Å². The first-order valence-corrected chi connectivity index (χ1v) is 11.6. The highest BCUT2D eigenvalue weighted by Gasteiger charge is 2.38. The first-order valence-electron chi connectivity index (χ1n) is 10.8. The van der Waals surface area contributed by atoms with Gasteiger partial charge in [0, 0.05) is 16.1 Å². The zero-order valence-corrected chi connectivity index (χ0v) is 18.6. The molecular formula is C26H27FO3S. The molecule has 3 nitrogen and oxygen atoms in total. The summed E-state index contributed by atoms with van der Waals surface area (Å²) in [5.41, 5.74) is 4.30. The number of aliphatic hydroxyl groups is 1. The maximum absolute atomic E-state index is 13.7. The zero-order chi connectivity index (χ0) is 22.0. The lowest BCUT2D eigenvalue weighted by molar-refractivity contribution is -0.156. The van der Waals surface area contributed by atoms with Crippen molar-refractivity contribution in [1.29, 1.82) is 0 Å². The summed E-state index contributed by atoms with van der Waals surface area (Å²) in [6.45, 7) is 4.37. The summed E-state index contributed by atoms with van der Waals surface area (Å²) in [6, 6.07) is 15.0. The number of esters is 1. The van der Waals surface area contributed by atoms with Crippen molar-refractivity contribution >= 4 is 23.3 Å². The number of cyclic esters (lactones) is 1. The third kappa shape index (κ3) is 4.35. The second-order valence-corrected chi connectivity index (χ2v) is 9.50. The molecule has 0 bridgehead atoms. The van der Waals surface area contributed by atoms with Gasteiger partial charge in [0.1, 0.15) is 11.9 Å². The minimum Gasteiger partial charge on any atom is -0.458 e. The smallest absolute Gasteiger partial charge is 0.309 e. The summed E-state index contributed by atoms with van der Waals surface area (Å²) in [6.07, 6.45) is 5.11. The van der Waals surface area contributed by atoms with Crippen molar-refractivity contribution in [3.63, 3.8) is 0 Å². The molecule has 0 amide bonds. The first kappa shape index (κ1) is 21.8. The standard InChI is InChI=1S/C26H27FO3S/c1-3-26(4-2)22(14-13-20-15-19(28)16-24(29)30-20)25(17-9-11-18(27)12-10-17)21-7-5-6-8-23(21)31-26/h5-14,19-20,28H,3-4,15-16H2,1-2H3/b14-13+/t19-,20-/m0/s1. The van der Waals surface area contributed by atoms with Crippen LogP contribution in [0.25, 0.3) is 5.57 Å². The number of hydrogen-bond acceptors (Lipinski definition) is 4. The van der Waals surface area contributed by atoms with Crippen LogP contribution in [0.3, 0.4) is 0 Å². The predicted octanol–water partition coefficient (Wildman–Crippen LogP) is 5.91. The fourth-order valence-corrected chi connectivity index (χ4v) is 5.89. The van der Waals surface area contributed by atoms with Gasteiger partial charge in [-0.15, -0.1) is 11.8 Å². The lowest BCUT2D eigenvalue weighted by atomic mass is 9.82. The number of ether oxygens (including phenoxy) is 1. The SMILES string of the molecule is CCC1(CC)Sc2ccccc2C(c2ccc(F)cc2)=C1/C=C/[C@H]1C[C@H](O)CC(=O)O1. The molecule has 2 aromatic rings. The normalized spacial score (nSPS) is 23.0. The number of carbonyl (C=O) groups is 1. The molecule has 0 radical (unpaired) electrons. The average Bonchev–Trinajstić information content (AvgIpc) is 2.76. The number of allylic oxidation sites excluding steroid dienone is 1. The van der Waals surface area contributed by atoms with Crippen molar-refractivity contribution in [2.24, 2.45) is 0 Å². The molecule has 4 rings (SSSR count). The molecule has 162 valence electrons. The molecular weight excluding hydrogens is 411 g/mol. The highest BCUT2D eigenvalue weighted by Crippen LogP contribution is 2.54. The highest BCUT2D eigenvalue weighted by atomic mass is 32.2. The van der Waals surface area contributed by atoms with E-state index in [4.69, 9.17) is 4.74 Å². The number of benzene rings is 2. The van der Waals surface area contributed by atoms with Crippen molar-refractivity contribution < 1.29 is 19.0 Å². The van der Waals surface area contributed by atoms with Gasteiger partial charge in [-0.1, -0.05) is 50.3 Å². The number of aliphatic hydroxyl groups excluding tert-OH is 1. The predicted molar refractivity (Wildman–Crippen MR) is 122 cm³/mol. The van der Waals surface area contributed by atoms with Crippen LogP contribution < -0.4 is 0 Å². The van der Waals surface area contributed by atoms with E-state index in [0.717, 1.165) is 35.1 Å². The van der Waals surface area contributed by atoms with E-state index in [1.165, 1.54) is 17.0 Å². The number of hydrogen-bond donors (Lipinski definition) is 1. The Labute approximate surface area is 187 Å². The van der Waals surface area contributed by atoms with Crippen LogP contribution in [0.2, 0.25) is 0 Å². The van der Waals surface area contributed by atoms with E-state index in [2.05, 4.69) is 32.1 Å². The third-order valence-electron chi connectivity index (χ3n) is 6.16. The largest absolute Gasteiger partial charge is 0.458 e. The van der Waals surface area contributed by atoms with Crippen LogP contribution in [0.4, 0.5) is 4.39 Å². The Morgan fingerprint density at radius 1 is 1.16 bits per heavy atom. The highest BCUT2D eigenvalue weighted by molar-refractivity contribution is 8.01. The summed E-state index contributed by atoms with van der Waals surface area (Å²) < 4.78 is 19.0. The molecule has 0 unspecified atom stereocenters. The Bertz CT molecular complexity index is 1020. The van der Waals surface area contributed by atoms with Crippen LogP contribution >= 0.6 is 11.8 Å². The van der Waals surface area contributed by atoms with E-state index >= 15 is 0 Å². The Hall–Kier alpha value is -2.37. The van der Waals surface area contributed by atoms with Gasteiger partial charge in [-0.05, 0) is 59.4 Å². The van der Waals surface area contributed by atoms with E-state index in [1.807, 2.05) is 42.1 Å². The fraction of sp³-hybridized carbons (Fsp3) is 0.346. The molecule has 2 aromatic carbocycles. The second-order valence-electron chi connectivity index (χ2n) is 8.08. The molecule has 2 aliphatic heterocycles. The number of fused-ring (bicyclic) bond motifs is 1. The maximum Gasteiger partial charge on any atom is 0.309 e. The Kier molecular flexibility index (Phi) is 6.35. The van der Waals surface area contributed by atoms with Crippen molar-refractivity contribution in [3.8, 4) is 0 Å². The summed E-state index contributed by atoms with van der Waals surface area (Å²) >= 11 is 1.86. The van der Waals surface area contributed by atoms with Crippen LogP contribution in [-0.2, 0) is 9.53 Å². The molecule has 5 heteroatoms. The molecule has 0 saturated carbocycles. The van der Waals surface area contributed by atoms with E-state index in [-0.39, 0.29) is 23.0 Å². The summed E-state index contributed by atoms with van der Waals surface area (Å²) in [5, 5.41) is 9.98. The Morgan fingerprint density at radius 2 is 1.87 bits per heavy atom. The van der Waals surface area contributed by atoms with Gasteiger partial charge in [0.25, 0.3) is 0 Å². The van der Waals surface area contributed by atoms with E-state index in [1.54, 1.807) is 0 Å². The topological polar surface area (TPSA) is 46.5 Å². The van der Waals surface area contributed by atoms with E-state index in [0.29, 0.717) is 6.42 Å². The number of thioether (sulfide) groups is 1. The molecule has 1 fully saturated rings. The van der Waals surface area contributed by atoms with Gasteiger partial charge >= 0.3 is 5.97 Å². The molecule has 2 aliphatic rings. The minimum absolute atomic E-state index is 0.0466. The molecule has 0 aromatic heterocycles.